The van der Waals surface area contributed by atoms with Crippen molar-refractivity contribution >= 4 is 23.2 Å². The van der Waals surface area contributed by atoms with Crippen molar-refractivity contribution in [2.45, 2.75) is 18.0 Å². The first-order valence-electron chi connectivity index (χ1n) is 5.22. The Bertz CT molecular complexity index is 330. The Morgan fingerprint density at radius 3 is 2.81 bits per heavy atom. The van der Waals surface area contributed by atoms with E-state index in [1.807, 2.05) is 0 Å². The maximum Gasteiger partial charge on any atom is 0.218 e. The van der Waals surface area contributed by atoms with Crippen molar-refractivity contribution in [1.82, 2.24) is 15.3 Å². The van der Waals surface area contributed by atoms with E-state index in [-0.39, 0.29) is 12.4 Å². The molecule has 1 aliphatic rings. The highest BCUT2D eigenvalue weighted by Gasteiger charge is 2.17. The van der Waals surface area contributed by atoms with Crippen LogP contribution in [0.1, 0.15) is 12.8 Å². The first-order valence-corrected chi connectivity index (χ1v) is 6.54. The summed E-state index contributed by atoms with van der Waals surface area (Å²) < 4.78 is 11.9. The van der Waals surface area contributed by atoms with Gasteiger partial charge >= 0.3 is 0 Å². The van der Waals surface area contributed by atoms with Gasteiger partial charge in [-0.2, -0.15) is 0 Å². The number of nitrogens with one attached hydrogen (secondary N) is 1. The van der Waals surface area contributed by atoms with E-state index in [4.69, 9.17) is 0 Å². The van der Waals surface area contributed by atoms with Crippen molar-refractivity contribution in [3.05, 3.63) is 18.5 Å². The molecule has 0 bridgehead atoms. The molecule has 1 aromatic heterocycles. The van der Waals surface area contributed by atoms with Gasteiger partial charge < -0.3 is 5.32 Å². The lowest BCUT2D eigenvalue weighted by Crippen LogP contribution is -2.32. The minimum Gasteiger partial charge on any atom is -0.316 e. The molecule has 1 aromatic rings. The zero-order chi connectivity index (χ0) is 10.5. The van der Waals surface area contributed by atoms with Crippen molar-refractivity contribution in [3.63, 3.8) is 0 Å². The SMILES string of the molecule is Cl.O=S(CC1CCCNC1)c1ncccn1. The number of hydrogen-bond acceptors (Lipinski definition) is 4. The molecule has 16 heavy (non-hydrogen) atoms. The molecule has 2 unspecified atom stereocenters. The summed E-state index contributed by atoms with van der Waals surface area (Å²) in [6.07, 6.45) is 5.61. The van der Waals surface area contributed by atoms with Gasteiger partial charge in [0.2, 0.25) is 5.16 Å². The molecule has 0 radical (unpaired) electrons. The van der Waals surface area contributed by atoms with Gasteiger partial charge in [0.1, 0.15) is 0 Å². The summed E-state index contributed by atoms with van der Waals surface area (Å²) in [5, 5.41) is 3.78. The quantitative estimate of drug-likeness (QED) is 0.825. The first-order chi connectivity index (χ1) is 7.36. The van der Waals surface area contributed by atoms with Crippen LogP contribution in [0.5, 0.6) is 0 Å². The van der Waals surface area contributed by atoms with Crippen LogP contribution in [-0.2, 0) is 10.8 Å². The molecule has 2 atom stereocenters. The Hall–Kier alpha value is -0.520. The summed E-state index contributed by atoms with van der Waals surface area (Å²) in [5.74, 6) is 1.18. The van der Waals surface area contributed by atoms with Gasteiger partial charge in [-0.25, -0.2) is 9.97 Å². The van der Waals surface area contributed by atoms with Crippen LogP contribution in [-0.4, -0.2) is 33.0 Å². The van der Waals surface area contributed by atoms with Crippen LogP contribution in [0, 0.1) is 5.92 Å². The minimum atomic E-state index is -1.04. The molecule has 1 N–H and O–H groups in total. The zero-order valence-corrected chi connectivity index (χ0v) is 10.6. The molecule has 0 saturated carbocycles. The summed E-state index contributed by atoms with van der Waals surface area (Å²) in [7, 11) is -1.04. The predicted molar refractivity (Wildman–Crippen MR) is 66.1 cm³/mol. The third-order valence-corrected chi connectivity index (χ3v) is 3.92. The largest absolute Gasteiger partial charge is 0.316 e. The Morgan fingerprint density at radius 2 is 2.19 bits per heavy atom. The molecule has 1 fully saturated rings. The maximum absolute atomic E-state index is 11.9. The molecule has 1 aliphatic heterocycles. The van der Waals surface area contributed by atoms with E-state index < -0.39 is 10.8 Å². The lowest BCUT2D eigenvalue weighted by atomic mass is 10.0. The molecule has 1 saturated heterocycles. The number of rotatable bonds is 3. The fourth-order valence-corrected chi connectivity index (χ4v) is 2.98. The second-order valence-corrected chi connectivity index (χ2v) is 5.15. The van der Waals surface area contributed by atoms with Crippen molar-refractivity contribution < 1.29 is 4.21 Å². The van der Waals surface area contributed by atoms with E-state index in [2.05, 4.69) is 15.3 Å². The molecule has 0 aliphatic carbocycles. The number of aromatic nitrogens is 2. The van der Waals surface area contributed by atoms with Gasteiger partial charge in [0.25, 0.3) is 0 Å². The van der Waals surface area contributed by atoms with Crippen molar-refractivity contribution in [3.8, 4) is 0 Å². The molecule has 2 rings (SSSR count). The molecule has 0 spiro atoms. The van der Waals surface area contributed by atoms with Gasteiger partial charge in [-0.15, -0.1) is 12.4 Å². The highest BCUT2D eigenvalue weighted by molar-refractivity contribution is 7.84. The van der Waals surface area contributed by atoms with Crippen molar-refractivity contribution in [2.75, 3.05) is 18.8 Å². The smallest absolute Gasteiger partial charge is 0.218 e. The Morgan fingerprint density at radius 1 is 1.44 bits per heavy atom. The van der Waals surface area contributed by atoms with E-state index >= 15 is 0 Å². The second kappa shape index (κ2) is 6.93. The molecule has 0 aromatic carbocycles. The van der Waals surface area contributed by atoms with Gasteiger partial charge in [0.15, 0.2) is 0 Å². The van der Waals surface area contributed by atoms with Crippen LogP contribution >= 0.6 is 12.4 Å². The Kier molecular flexibility index (Phi) is 5.87. The molecule has 4 nitrogen and oxygen atoms in total. The lowest BCUT2D eigenvalue weighted by Gasteiger charge is -2.21. The fraction of sp³-hybridized carbons (Fsp3) is 0.600. The second-order valence-electron chi connectivity index (χ2n) is 3.76. The van der Waals surface area contributed by atoms with Gasteiger partial charge in [0.05, 0.1) is 10.8 Å². The average Bonchev–Trinajstić information content (AvgIpc) is 2.31. The van der Waals surface area contributed by atoms with Crippen LogP contribution in [0.3, 0.4) is 0 Å². The summed E-state index contributed by atoms with van der Waals surface area (Å²) >= 11 is 0. The predicted octanol–water partition coefficient (Wildman–Crippen LogP) is 1.01. The summed E-state index contributed by atoms with van der Waals surface area (Å²) in [6.45, 7) is 2.06. The average molecular weight is 262 g/mol. The highest BCUT2D eigenvalue weighted by atomic mass is 35.5. The van der Waals surface area contributed by atoms with E-state index in [0.717, 1.165) is 19.5 Å². The van der Waals surface area contributed by atoms with Crippen LogP contribution in [0.2, 0.25) is 0 Å². The third-order valence-electron chi connectivity index (χ3n) is 2.53. The van der Waals surface area contributed by atoms with Crippen LogP contribution < -0.4 is 5.32 Å². The number of halogens is 1. The van der Waals surface area contributed by atoms with Gasteiger partial charge in [-0.05, 0) is 37.9 Å². The Balaban J connectivity index is 0.00000128. The van der Waals surface area contributed by atoms with Crippen LogP contribution in [0.4, 0.5) is 0 Å². The maximum atomic E-state index is 11.9. The van der Waals surface area contributed by atoms with E-state index in [1.165, 1.54) is 6.42 Å². The van der Waals surface area contributed by atoms with E-state index in [9.17, 15) is 4.21 Å². The van der Waals surface area contributed by atoms with E-state index in [1.54, 1.807) is 18.5 Å². The normalized spacial score (nSPS) is 22.1. The molecular weight excluding hydrogens is 246 g/mol. The van der Waals surface area contributed by atoms with E-state index in [0.29, 0.717) is 16.8 Å². The zero-order valence-electron chi connectivity index (χ0n) is 8.96. The molecular formula is C10H16ClN3OS. The fourth-order valence-electron chi connectivity index (χ4n) is 1.76. The molecule has 90 valence electrons. The number of piperidine rings is 1. The summed E-state index contributed by atoms with van der Waals surface area (Å²) in [4.78, 5) is 8.02. The molecule has 6 heteroatoms. The topological polar surface area (TPSA) is 54.9 Å². The minimum absolute atomic E-state index is 0. The summed E-state index contributed by atoms with van der Waals surface area (Å²) in [6, 6.07) is 1.74. The van der Waals surface area contributed by atoms with Gasteiger partial charge in [0, 0.05) is 18.1 Å². The number of nitrogens with zero attached hydrogens (tertiary/aromatic N) is 2. The van der Waals surface area contributed by atoms with Gasteiger partial charge in [-0.1, -0.05) is 0 Å². The van der Waals surface area contributed by atoms with Crippen molar-refractivity contribution in [1.29, 1.82) is 0 Å². The first kappa shape index (κ1) is 13.5. The monoisotopic (exact) mass is 261 g/mol. The standard InChI is InChI=1S/C10H15N3OS.ClH/c14-15(10-12-5-2-6-13-10)8-9-3-1-4-11-7-9;/h2,5-6,9,11H,1,3-4,7-8H2;1H. The van der Waals surface area contributed by atoms with Gasteiger partial charge in [-0.3, -0.25) is 4.21 Å². The summed E-state index contributed by atoms with van der Waals surface area (Å²) in [5.41, 5.74) is 0. The Labute approximate surface area is 104 Å². The van der Waals surface area contributed by atoms with Crippen LogP contribution in [0.15, 0.2) is 23.6 Å². The molecule has 0 amide bonds. The molecule has 2 heterocycles. The third kappa shape index (κ3) is 3.81. The van der Waals surface area contributed by atoms with Crippen molar-refractivity contribution in [2.24, 2.45) is 5.92 Å². The highest BCUT2D eigenvalue weighted by Crippen LogP contribution is 2.13. The lowest BCUT2D eigenvalue weighted by molar-refractivity contribution is 0.407. The van der Waals surface area contributed by atoms with Crippen LogP contribution in [0.25, 0.3) is 0 Å². The number of hydrogen-bond donors (Lipinski definition) is 1.